The Bertz CT molecular complexity index is 479. The third kappa shape index (κ3) is 6.07. The van der Waals surface area contributed by atoms with Crippen LogP contribution in [0.25, 0.3) is 0 Å². The number of rotatable bonds is 7. The number of ether oxygens (including phenoxy) is 1. The van der Waals surface area contributed by atoms with Crippen molar-refractivity contribution in [2.24, 2.45) is 0 Å². The molecule has 0 radical (unpaired) electrons. The quantitative estimate of drug-likeness (QED) is 0.760. The maximum absolute atomic E-state index is 11.7. The molecule has 1 aliphatic rings. The zero-order valence-electron chi connectivity index (χ0n) is 11.7. The van der Waals surface area contributed by atoms with Crippen LogP contribution in [0.3, 0.4) is 0 Å². The van der Waals surface area contributed by atoms with Crippen molar-refractivity contribution in [1.82, 2.24) is 5.32 Å². The second-order valence-electron chi connectivity index (χ2n) is 4.99. The van der Waals surface area contributed by atoms with Gasteiger partial charge >= 0.3 is 0 Å². The summed E-state index contributed by atoms with van der Waals surface area (Å²) in [5.41, 5.74) is 1.12. The van der Waals surface area contributed by atoms with Gasteiger partial charge in [0.2, 0.25) is 5.91 Å². The summed E-state index contributed by atoms with van der Waals surface area (Å²) >= 11 is 13.5. The molecule has 6 heteroatoms. The predicted molar refractivity (Wildman–Crippen MR) is 89.2 cm³/mol. The summed E-state index contributed by atoms with van der Waals surface area (Å²) in [5, 5.41) is 4.07. The highest BCUT2D eigenvalue weighted by Gasteiger charge is 2.15. The molecule has 2 rings (SSSR count). The zero-order valence-corrected chi connectivity index (χ0v) is 14.1. The van der Waals surface area contributed by atoms with E-state index in [1.807, 2.05) is 12.1 Å². The molecule has 0 bridgehead atoms. The molecule has 1 N–H and O–H groups in total. The van der Waals surface area contributed by atoms with Gasteiger partial charge in [-0.2, -0.15) is 11.8 Å². The van der Waals surface area contributed by atoms with E-state index in [0.717, 1.165) is 36.5 Å². The van der Waals surface area contributed by atoms with Crippen LogP contribution in [-0.2, 0) is 15.3 Å². The van der Waals surface area contributed by atoms with Crippen LogP contribution in [-0.4, -0.2) is 30.9 Å². The summed E-state index contributed by atoms with van der Waals surface area (Å²) in [4.78, 5) is 11.7. The highest BCUT2D eigenvalue weighted by molar-refractivity contribution is 7.98. The SMILES string of the molecule is O=C(CCSCc1ccc(Cl)c(Cl)c1)NC[C@H]1CCCO1. The molecule has 1 saturated heterocycles. The fourth-order valence-electron chi connectivity index (χ4n) is 2.11. The molecule has 0 saturated carbocycles. The van der Waals surface area contributed by atoms with E-state index < -0.39 is 0 Å². The van der Waals surface area contributed by atoms with Crippen LogP contribution < -0.4 is 5.32 Å². The summed E-state index contributed by atoms with van der Waals surface area (Å²) in [7, 11) is 0. The van der Waals surface area contributed by atoms with E-state index in [-0.39, 0.29) is 12.0 Å². The zero-order chi connectivity index (χ0) is 15.1. The molecule has 21 heavy (non-hydrogen) atoms. The van der Waals surface area contributed by atoms with E-state index in [0.29, 0.717) is 23.0 Å². The Morgan fingerprint density at radius 3 is 2.95 bits per heavy atom. The molecule has 0 spiro atoms. The second-order valence-corrected chi connectivity index (χ2v) is 6.91. The summed E-state index contributed by atoms with van der Waals surface area (Å²) in [6.07, 6.45) is 2.88. The van der Waals surface area contributed by atoms with Crippen molar-refractivity contribution in [3.63, 3.8) is 0 Å². The normalized spacial score (nSPS) is 17.9. The lowest BCUT2D eigenvalue weighted by molar-refractivity contribution is -0.121. The topological polar surface area (TPSA) is 38.3 Å². The number of amides is 1. The monoisotopic (exact) mass is 347 g/mol. The van der Waals surface area contributed by atoms with Gasteiger partial charge in [0.1, 0.15) is 0 Å². The maximum atomic E-state index is 11.7. The van der Waals surface area contributed by atoms with Gasteiger partial charge in [-0.25, -0.2) is 0 Å². The number of carbonyl (C=O) groups excluding carboxylic acids is 1. The molecule has 1 fully saturated rings. The molecule has 1 aromatic rings. The Morgan fingerprint density at radius 2 is 2.24 bits per heavy atom. The molecule has 1 heterocycles. The van der Waals surface area contributed by atoms with Gasteiger partial charge in [0.25, 0.3) is 0 Å². The summed E-state index contributed by atoms with van der Waals surface area (Å²) in [6.45, 7) is 1.45. The molecule has 1 aliphatic heterocycles. The van der Waals surface area contributed by atoms with E-state index in [2.05, 4.69) is 5.32 Å². The Morgan fingerprint density at radius 1 is 1.38 bits per heavy atom. The van der Waals surface area contributed by atoms with E-state index in [9.17, 15) is 4.79 Å². The highest BCUT2D eigenvalue weighted by Crippen LogP contribution is 2.24. The maximum Gasteiger partial charge on any atom is 0.220 e. The van der Waals surface area contributed by atoms with Gasteiger partial charge in [-0.3, -0.25) is 4.79 Å². The number of thioether (sulfide) groups is 1. The van der Waals surface area contributed by atoms with Gasteiger partial charge in [-0.05, 0) is 30.5 Å². The molecular weight excluding hydrogens is 329 g/mol. The number of benzene rings is 1. The Hall–Kier alpha value is -0.420. The predicted octanol–water partition coefficient (Wildman–Crippen LogP) is 3.91. The molecular formula is C15H19Cl2NO2S. The van der Waals surface area contributed by atoms with E-state index in [1.54, 1.807) is 17.8 Å². The van der Waals surface area contributed by atoms with Crippen molar-refractivity contribution >= 4 is 40.9 Å². The third-order valence-electron chi connectivity index (χ3n) is 3.28. The van der Waals surface area contributed by atoms with Crippen LogP contribution in [0.5, 0.6) is 0 Å². The van der Waals surface area contributed by atoms with Gasteiger partial charge in [0.15, 0.2) is 0 Å². The third-order valence-corrected chi connectivity index (χ3v) is 5.05. The van der Waals surface area contributed by atoms with Crippen molar-refractivity contribution in [1.29, 1.82) is 0 Å². The first kappa shape index (κ1) is 16.9. The van der Waals surface area contributed by atoms with Crippen LogP contribution in [0, 0.1) is 0 Å². The van der Waals surface area contributed by atoms with Crippen molar-refractivity contribution in [2.75, 3.05) is 18.9 Å². The first-order chi connectivity index (χ1) is 10.1. The van der Waals surface area contributed by atoms with Gasteiger partial charge < -0.3 is 10.1 Å². The van der Waals surface area contributed by atoms with E-state index >= 15 is 0 Å². The van der Waals surface area contributed by atoms with Crippen molar-refractivity contribution in [3.8, 4) is 0 Å². The lowest BCUT2D eigenvalue weighted by Gasteiger charge is -2.10. The van der Waals surface area contributed by atoms with Crippen LogP contribution in [0.2, 0.25) is 10.0 Å². The van der Waals surface area contributed by atoms with Crippen molar-refractivity contribution in [2.45, 2.75) is 31.1 Å². The minimum absolute atomic E-state index is 0.0899. The lowest BCUT2D eigenvalue weighted by Crippen LogP contribution is -2.31. The minimum atomic E-state index is 0.0899. The highest BCUT2D eigenvalue weighted by atomic mass is 35.5. The van der Waals surface area contributed by atoms with Gasteiger partial charge in [-0.1, -0.05) is 29.3 Å². The van der Waals surface area contributed by atoms with Crippen molar-refractivity contribution in [3.05, 3.63) is 33.8 Å². The molecule has 3 nitrogen and oxygen atoms in total. The minimum Gasteiger partial charge on any atom is -0.376 e. The molecule has 1 atom stereocenters. The molecule has 1 amide bonds. The molecule has 0 unspecified atom stereocenters. The fraction of sp³-hybridized carbons (Fsp3) is 0.533. The average molecular weight is 348 g/mol. The Kier molecular flexibility index (Phi) is 7.17. The van der Waals surface area contributed by atoms with Crippen molar-refractivity contribution < 1.29 is 9.53 Å². The van der Waals surface area contributed by atoms with Crippen LogP contribution in [0.1, 0.15) is 24.8 Å². The van der Waals surface area contributed by atoms with E-state index in [4.69, 9.17) is 27.9 Å². The van der Waals surface area contributed by atoms with E-state index in [1.165, 1.54) is 0 Å². The van der Waals surface area contributed by atoms with Crippen LogP contribution >= 0.6 is 35.0 Å². The molecule has 0 aromatic heterocycles. The smallest absolute Gasteiger partial charge is 0.220 e. The molecule has 116 valence electrons. The first-order valence-corrected chi connectivity index (χ1v) is 8.96. The number of hydrogen-bond acceptors (Lipinski definition) is 3. The standard InChI is InChI=1S/C15H19Cl2NO2S/c16-13-4-3-11(8-14(13)17)10-21-7-5-15(19)18-9-12-2-1-6-20-12/h3-4,8,12H,1-2,5-7,9-10H2,(H,18,19)/t12-/m1/s1. The van der Waals surface area contributed by atoms with Crippen LogP contribution in [0.4, 0.5) is 0 Å². The Balaban J connectivity index is 1.58. The molecule has 1 aromatic carbocycles. The largest absolute Gasteiger partial charge is 0.376 e. The van der Waals surface area contributed by atoms with Gasteiger partial charge in [0, 0.05) is 31.1 Å². The number of halogens is 2. The van der Waals surface area contributed by atoms with Crippen LogP contribution in [0.15, 0.2) is 18.2 Å². The summed E-state index contributed by atoms with van der Waals surface area (Å²) in [5.74, 6) is 1.71. The summed E-state index contributed by atoms with van der Waals surface area (Å²) in [6, 6.07) is 5.63. The lowest BCUT2D eigenvalue weighted by atomic mass is 10.2. The van der Waals surface area contributed by atoms with Gasteiger partial charge in [-0.15, -0.1) is 0 Å². The average Bonchev–Trinajstić information content (AvgIpc) is 2.98. The summed E-state index contributed by atoms with van der Waals surface area (Å²) < 4.78 is 5.46. The Labute approximate surface area is 139 Å². The number of hydrogen-bond donors (Lipinski definition) is 1. The number of nitrogens with one attached hydrogen (secondary N) is 1. The second kappa shape index (κ2) is 8.89. The molecule has 0 aliphatic carbocycles. The number of carbonyl (C=O) groups is 1. The first-order valence-electron chi connectivity index (χ1n) is 7.05. The van der Waals surface area contributed by atoms with Gasteiger partial charge in [0.05, 0.1) is 16.1 Å². The fourth-order valence-corrected chi connectivity index (χ4v) is 3.32.